The molecule has 0 bridgehead atoms. The van der Waals surface area contributed by atoms with Crippen LogP contribution in [0, 0.1) is 0 Å². The van der Waals surface area contributed by atoms with Gasteiger partial charge in [0.25, 0.3) is 0 Å². The van der Waals surface area contributed by atoms with E-state index >= 15 is 0 Å². The molecular formula is C12H16N2O2. The smallest absolute Gasteiger partial charge is 0.246 e. The van der Waals surface area contributed by atoms with Gasteiger partial charge in [-0.1, -0.05) is 30.3 Å². The number of ether oxygens (including phenoxy) is 1. The third kappa shape index (κ3) is 3.32. The van der Waals surface area contributed by atoms with E-state index in [0.29, 0.717) is 6.54 Å². The predicted octanol–water partition coefficient (Wildman–Crippen LogP) is 0.291. The van der Waals surface area contributed by atoms with Crippen LogP contribution in [0.15, 0.2) is 30.3 Å². The second-order valence-electron chi connectivity index (χ2n) is 3.85. The normalized spacial score (nSPS) is 15.5. The first-order chi connectivity index (χ1) is 7.84. The highest BCUT2D eigenvalue weighted by Gasteiger charge is 2.17. The van der Waals surface area contributed by atoms with Crippen LogP contribution in [0.3, 0.4) is 0 Å². The third-order valence-electron chi connectivity index (χ3n) is 2.53. The van der Waals surface area contributed by atoms with Crippen LogP contribution in [-0.2, 0) is 16.1 Å². The Labute approximate surface area is 95.0 Å². The van der Waals surface area contributed by atoms with Gasteiger partial charge in [-0.25, -0.2) is 0 Å². The highest BCUT2D eigenvalue weighted by Crippen LogP contribution is 1.99. The molecule has 2 N–H and O–H groups in total. The molecule has 4 heteroatoms. The summed E-state index contributed by atoms with van der Waals surface area (Å²) in [5, 5.41) is 5.90. The number of rotatable bonds is 5. The summed E-state index contributed by atoms with van der Waals surface area (Å²) in [4.78, 5) is 11.4. The molecule has 0 saturated carbocycles. The fraction of sp³-hybridized carbons (Fsp3) is 0.417. The molecular weight excluding hydrogens is 204 g/mol. The summed E-state index contributed by atoms with van der Waals surface area (Å²) in [6.07, 6.45) is 0.211. The van der Waals surface area contributed by atoms with Crippen LogP contribution < -0.4 is 10.6 Å². The zero-order chi connectivity index (χ0) is 11.2. The molecule has 0 aliphatic carbocycles. The number of hydrogen-bond acceptors (Lipinski definition) is 3. The van der Waals surface area contributed by atoms with Gasteiger partial charge >= 0.3 is 0 Å². The molecule has 1 amide bonds. The molecule has 0 radical (unpaired) electrons. The quantitative estimate of drug-likeness (QED) is 0.750. The molecule has 0 aromatic heterocycles. The van der Waals surface area contributed by atoms with Crippen LogP contribution in [0.1, 0.15) is 5.56 Å². The van der Waals surface area contributed by atoms with Crippen LogP contribution in [-0.4, -0.2) is 31.7 Å². The standard InChI is InChI=1S/C12H16N2O2/c15-12(9-16-11-7-13-8-11)14-6-10-4-2-1-3-5-10/h1-5,11,13H,6-9H2,(H,14,15). The topological polar surface area (TPSA) is 50.4 Å². The lowest BCUT2D eigenvalue weighted by Gasteiger charge is -2.26. The van der Waals surface area contributed by atoms with Crippen LogP contribution in [0.4, 0.5) is 0 Å². The SMILES string of the molecule is O=C(COC1CNC1)NCc1ccccc1. The lowest BCUT2D eigenvalue weighted by atomic mass is 10.2. The molecule has 1 heterocycles. The van der Waals surface area contributed by atoms with E-state index in [0.717, 1.165) is 18.7 Å². The minimum Gasteiger partial charge on any atom is -0.366 e. The zero-order valence-electron chi connectivity index (χ0n) is 9.11. The van der Waals surface area contributed by atoms with Crippen molar-refractivity contribution in [2.24, 2.45) is 0 Å². The summed E-state index contributed by atoms with van der Waals surface area (Å²) in [6.45, 7) is 2.42. The molecule has 2 rings (SSSR count). The lowest BCUT2D eigenvalue weighted by Crippen LogP contribution is -2.49. The van der Waals surface area contributed by atoms with Gasteiger partial charge in [0.05, 0.1) is 6.10 Å². The van der Waals surface area contributed by atoms with Gasteiger partial charge in [-0.2, -0.15) is 0 Å². The Morgan fingerprint density at radius 1 is 1.38 bits per heavy atom. The second kappa shape index (κ2) is 5.63. The number of benzene rings is 1. The Morgan fingerprint density at radius 2 is 2.12 bits per heavy atom. The molecule has 1 aliphatic rings. The molecule has 0 atom stereocenters. The van der Waals surface area contributed by atoms with Crippen LogP contribution in [0.2, 0.25) is 0 Å². The van der Waals surface area contributed by atoms with Gasteiger partial charge in [0.15, 0.2) is 0 Å². The largest absolute Gasteiger partial charge is 0.366 e. The zero-order valence-corrected chi connectivity index (χ0v) is 9.11. The van der Waals surface area contributed by atoms with Crippen molar-refractivity contribution in [1.29, 1.82) is 0 Å². The van der Waals surface area contributed by atoms with E-state index in [1.807, 2.05) is 30.3 Å². The van der Waals surface area contributed by atoms with E-state index in [1.165, 1.54) is 0 Å². The number of carbonyl (C=O) groups excluding carboxylic acids is 1. The van der Waals surface area contributed by atoms with E-state index in [1.54, 1.807) is 0 Å². The fourth-order valence-electron chi connectivity index (χ4n) is 1.42. The van der Waals surface area contributed by atoms with Crippen molar-refractivity contribution in [1.82, 2.24) is 10.6 Å². The third-order valence-corrected chi connectivity index (χ3v) is 2.53. The van der Waals surface area contributed by atoms with Crippen molar-refractivity contribution in [3.8, 4) is 0 Å². The molecule has 0 unspecified atom stereocenters. The summed E-state index contributed by atoms with van der Waals surface area (Å²) in [5.41, 5.74) is 1.10. The average Bonchev–Trinajstić information content (AvgIpc) is 2.26. The Hall–Kier alpha value is -1.39. The molecule has 0 spiro atoms. The highest BCUT2D eigenvalue weighted by atomic mass is 16.5. The fourth-order valence-corrected chi connectivity index (χ4v) is 1.42. The molecule has 1 aromatic rings. The average molecular weight is 220 g/mol. The Bertz CT molecular complexity index is 336. The molecule has 1 saturated heterocycles. The summed E-state index contributed by atoms with van der Waals surface area (Å²) in [7, 11) is 0. The predicted molar refractivity (Wildman–Crippen MR) is 60.9 cm³/mol. The maximum absolute atomic E-state index is 11.4. The van der Waals surface area contributed by atoms with E-state index in [4.69, 9.17) is 4.74 Å². The number of hydrogen-bond donors (Lipinski definition) is 2. The van der Waals surface area contributed by atoms with Crippen LogP contribution in [0.5, 0.6) is 0 Å². The minimum atomic E-state index is -0.0595. The molecule has 1 fully saturated rings. The van der Waals surface area contributed by atoms with Crippen molar-refractivity contribution in [3.63, 3.8) is 0 Å². The van der Waals surface area contributed by atoms with Crippen molar-refractivity contribution in [2.45, 2.75) is 12.6 Å². The molecule has 1 aromatic carbocycles. The Morgan fingerprint density at radius 3 is 2.75 bits per heavy atom. The summed E-state index contributed by atoms with van der Waals surface area (Å²) in [6, 6.07) is 9.84. The van der Waals surface area contributed by atoms with Crippen LogP contribution >= 0.6 is 0 Å². The van der Waals surface area contributed by atoms with E-state index in [2.05, 4.69) is 10.6 Å². The van der Waals surface area contributed by atoms with Crippen LogP contribution in [0.25, 0.3) is 0 Å². The number of carbonyl (C=O) groups is 1. The van der Waals surface area contributed by atoms with Gasteiger partial charge in [0.1, 0.15) is 6.61 Å². The van der Waals surface area contributed by atoms with Gasteiger partial charge in [-0.3, -0.25) is 4.79 Å². The van der Waals surface area contributed by atoms with Crippen molar-refractivity contribution >= 4 is 5.91 Å². The second-order valence-corrected chi connectivity index (χ2v) is 3.85. The van der Waals surface area contributed by atoms with Gasteiger partial charge in [0.2, 0.25) is 5.91 Å². The number of nitrogens with one attached hydrogen (secondary N) is 2. The van der Waals surface area contributed by atoms with Gasteiger partial charge in [-0.15, -0.1) is 0 Å². The van der Waals surface area contributed by atoms with E-state index < -0.39 is 0 Å². The highest BCUT2D eigenvalue weighted by molar-refractivity contribution is 5.77. The van der Waals surface area contributed by atoms with Gasteiger partial charge in [-0.05, 0) is 5.56 Å². The molecule has 16 heavy (non-hydrogen) atoms. The van der Waals surface area contributed by atoms with Crippen molar-refractivity contribution in [3.05, 3.63) is 35.9 Å². The van der Waals surface area contributed by atoms with Gasteiger partial charge < -0.3 is 15.4 Å². The lowest BCUT2D eigenvalue weighted by molar-refractivity contribution is -0.128. The Balaban J connectivity index is 1.63. The number of amides is 1. The minimum absolute atomic E-state index is 0.0595. The van der Waals surface area contributed by atoms with Crippen molar-refractivity contribution in [2.75, 3.05) is 19.7 Å². The maximum atomic E-state index is 11.4. The maximum Gasteiger partial charge on any atom is 0.246 e. The summed E-state index contributed by atoms with van der Waals surface area (Å²) >= 11 is 0. The monoisotopic (exact) mass is 220 g/mol. The first-order valence-electron chi connectivity index (χ1n) is 5.47. The first kappa shape index (κ1) is 11.1. The molecule has 86 valence electrons. The van der Waals surface area contributed by atoms with Gasteiger partial charge in [0, 0.05) is 19.6 Å². The molecule has 4 nitrogen and oxygen atoms in total. The first-order valence-corrected chi connectivity index (χ1v) is 5.47. The molecule has 1 aliphatic heterocycles. The summed E-state index contributed by atoms with van der Waals surface area (Å²) in [5.74, 6) is -0.0595. The van der Waals surface area contributed by atoms with E-state index in [-0.39, 0.29) is 18.6 Å². The van der Waals surface area contributed by atoms with Crippen molar-refractivity contribution < 1.29 is 9.53 Å². The summed E-state index contributed by atoms with van der Waals surface area (Å²) < 4.78 is 5.35. The van der Waals surface area contributed by atoms with E-state index in [9.17, 15) is 4.79 Å². The Kier molecular flexibility index (Phi) is 3.91.